The largest absolute Gasteiger partial charge is 0.497 e. The van der Waals surface area contributed by atoms with Gasteiger partial charge in [-0.2, -0.15) is 0 Å². The van der Waals surface area contributed by atoms with E-state index in [0.29, 0.717) is 24.4 Å². The maximum absolute atomic E-state index is 12.3. The number of aryl methyl sites for hydroxylation is 1. The molecule has 1 amide bonds. The Morgan fingerprint density at radius 1 is 1.03 bits per heavy atom. The topological polar surface area (TPSA) is 77.2 Å². The van der Waals surface area contributed by atoms with Crippen molar-refractivity contribution in [1.82, 2.24) is 10.2 Å². The molecule has 2 aromatic heterocycles. The van der Waals surface area contributed by atoms with E-state index in [1.165, 1.54) is 11.3 Å². The van der Waals surface area contributed by atoms with Crippen molar-refractivity contribution in [2.45, 2.75) is 19.3 Å². The van der Waals surface area contributed by atoms with E-state index in [4.69, 9.17) is 9.15 Å². The SMILES string of the molecule is COc1ccc(-c2ccc(CCC(=O)Nc3nnc(Cc4ccccc4)s3)o2)cc1. The van der Waals surface area contributed by atoms with Crippen LogP contribution in [-0.2, 0) is 17.6 Å². The summed E-state index contributed by atoms with van der Waals surface area (Å²) in [6.07, 6.45) is 1.52. The molecule has 0 bridgehead atoms. The van der Waals surface area contributed by atoms with Crippen molar-refractivity contribution >= 4 is 22.4 Å². The Morgan fingerprint density at radius 2 is 1.83 bits per heavy atom. The molecule has 0 aliphatic heterocycles. The first-order valence-corrected chi connectivity index (χ1v) is 10.4. The van der Waals surface area contributed by atoms with Crippen LogP contribution in [0, 0.1) is 0 Å². The molecule has 30 heavy (non-hydrogen) atoms. The molecular formula is C23H21N3O3S. The second-order valence-electron chi connectivity index (χ2n) is 6.71. The summed E-state index contributed by atoms with van der Waals surface area (Å²) in [7, 11) is 1.64. The van der Waals surface area contributed by atoms with Gasteiger partial charge in [-0.3, -0.25) is 4.79 Å². The fourth-order valence-corrected chi connectivity index (χ4v) is 3.78. The van der Waals surface area contributed by atoms with Crippen LogP contribution in [0.3, 0.4) is 0 Å². The lowest BCUT2D eigenvalue weighted by atomic mass is 10.2. The molecular weight excluding hydrogens is 398 g/mol. The van der Waals surface area contributed by atoms with Crippen LogP contribution in [0.4, 0.5) is 5.13 Å². The molecule has 2 aromatic carbocycles. The third-order valence-electron chi connectivity index (χ3n) is 4.55. The van der Waals surface area contributed by atoms with Crippen molar-refractivity contribution in [3.05, 3.63) is 83.1 Å². The Balaban J connectivity index is 1.28. The summed E-state index contributed by atoms with van der Waals surface area (Å²) in [5.41, 5.74) is 2.13. The summed E-state index contributed by atoms with van der Waals surface area (Å²) < 4.78 is 11.0. The summed E-state index contributed by atoms with van der Waals surface area (Å²) in [6, 6.07) is 21.5. The molecule has 0 radical (unpaired) electrons. The number of methoxy groups -OCH3 is 1. The maximum atomic E-state index is 12.3. The van der Waals surface area contributed by atoms with Gasteiger partial charge in [0.15, 0.2) is 0 Å². The standard InChI is InChI=1S/C23H21N3O3S/c1-28-18-9-7-17(8-10-18)20-13-11-19(29-20)12-14-21(27)24-23-26-25-22(30-23)15-16-5-3-2-4-6-16/h2-11,13H,12,14-15H2,1H3,(H,24,26,27). The van der Waals surface area contributed by atoms with Crippen molar-refractivity contribution in [2.24, 2.45) is 0 Å². The summed E-state index contributed by atoms with van der Waals surface area (Å²) in [5.74, 6) is 2.21. The number of rotatable bonds is 8. The van der Waals surface area contributed by atoms with Crippen molar-refractivity contribution in [3.63, 3.8) is 0 Å². The van der Waals surface area contributed by atoms with Gasteiger partial charge in [-0.05, 0) is 42.0 Å². The van der Waals surface area contributed by atoms with Gasteiger partial charge in [-0.1, -0.05) is 41.7 Å². The lowest BCUT2D eigenvalue weighted by Crippen LogP contribution is -2.11. The van der Waals surface area contributed by atoms with Crippen LogP contribution >= 0.6 is 11.3 Å². The fraction of sp³-hybridized carbons (Fsp3) is 0.174. The molecule has 0 aliphatic rings. The molecule has 152 valence electrons. The number of hydrogen-bond acceptors (Lipinski definition) is 6. The molecule has 1 N–H and O–H groups in total. The second-order valence-corrected chi connectivity index (χ2v) is 7.77. The van der Waals surface area contributed by atoms with Gasteiger partial charge < -0.3 is 14.5 Å². The van der Waals surface area contributed by atoms with Gasteiger partial charge in [0.1, 0.15) is 22.3 Å². The number of ether oxygens (including phenoxy) is 1. The molecule has 0 atom stereocenters. The number of nitrogens with zero attached hydrogens (tertiary/aromatic N) is 2. The highest BCUT2D eigenvalue weighted by Gasteiger charge is 2.11. The van der Waals surface area contributed by atoms with E-state index in [2.05, 4.69) is 15.5 Å². The average molecular weight is 420 g/mol. The number of benzene rings is 2. The third kappa shape index (κ3) is 5.12. The first-order chi connectivity index (χ1) is 14.7. The molecule has 2 heterocycles. The van der Waals surface area contributed by atoms with Crippen LogP contribution in [0.5, 0.6) is 5.75 Å². The Labute approximate surface area is 178 Å². The average Bonchev–Trinajstić information content (AvgIpc) is 3.43. The smallest absolute Gasteiger partial charge is 0.226 e. The third-order valence-corrected chi connectivity index (χ3v) is 5.38. The van der Waals surface area contributed by atoms with Crippen molar-refractivity contribution in [1.29, 1.82) is 0 Å². The molecule has 0 fully saturated rings. The monoisotopic (exact) mass is 419 g/mol. The van der Waals surface area contributed by atoms with Crippen LogP contribution in [0.1, 0.15) is 22.8 Å². The number of hydrogen-bond donors (Lipinski definition) is 1. The maximum Gasteiger partial charge on any atom is 0.226 e. The molecule has 4 rings (SSSR count). The van der Waals surface area contributed by atoms with Gasteiger partial charge in [0, 0.05) is 24.8 Å². The molecule has 0 aliphatic carbocycles. The van der Waals surface area contributed by atoms with E-state index in [0.717, 1.165) is 33.4 Å². The van der Waals surface area contributed by atoms with Crippen molar-refractivity contribution in [3.8, 4) is 17.1 Å². The highest BCUT2D eigenvalue weighted by Crippen LogP contribution is 2.25. The van der Waals surface area contributed by atoms with E-state index in [1.54, 1.807) is 7.11 Å². The Hall–Kier alpha value is -3.45. The van der Waals surface area contributed by atoms with Crippen molar-refractivity contribution < 1.29 is 13.9 Å². The van der Waals surface area contributed by atoms with E-state index in [9.17, 15) is 4.79 Å². The first-order valence-electron chi connectivity index (χ1n) is 9.59. The zero-order chi connectivity index (χ0) is 20.8. The summed E-state index contributed by atoms with van der Waals surface area (Å²) >= 11 is 1.39. The highest BCUT2D eigenvalue weighted by molar-refractivity contribution is 7.15. The lowest BCUT2D eigenvalue weighted by molar-refractivity contribution is -0.116. The minimum absolute atomic E-state index is 0.111. The number of amides is 1. The van der Waals surface area contributed by atoms with E-state index in [-0.39, 0.29) is 5.91 Å². The molecule has 7 heteroatoms. The number of aromatic nitrogens is 2. The van der Waals surface area contributed by atoms with Crippen LogP contribution in [0.2, 0.25) is 0 Å². The normalized spacial score (nSPS) is 10.7. The lowest BCUT2D eigenvalue weighted by Gasteiger charge is -2.01. The number of carbonyl (C=O) groups is 1. The quantitative estimate of drug-likeness (QED) is 0.436. The Bertz CT molecular complexity index is 1100. The number of carbonyl (C=O) groups excluding carboxylic acids is 1. The number of anilines is 1. The van der Waals surface area contributed by atoms with E-state index >= 15 is 0 Å². The van der Waals surface area contributed by atoms with Gasteiger partial charge in [0.05, 0.1) is 7.11 Å². The molecule has 0 unspecified atom stereocenters. The highest BCUT2D eigenvalue weighted by atomic mass is 32.1. The predicted octanol–water partition coefficient (Wildman–Crippen LogP) is 4.97. The number of nitrogens with one attached hydrogen (secondary N) is 1. The van der Waals surface area contributed by atoms with Gasteiger partial charge >= 0.3 is 0 Å². The summed E-state index contributed by atoms with van der Waals surface area (Å²) in [6.45, 7) is 0. The first kappa shape index (κ1) is 19.8. The minimum atomic E-state index is -0.111. The Morgan fingerprint density at radius 3 is 2.60 bits per heavy atom. The second kappa shape index (κ2) is 9.37. The van der Waals surface area contributed by atoms with Gasteiger partial charge in [0.25, 0.3) is 0 Å². The zero-order valence-electron chi connectivity index (χ0n) is 16.5. The molecule has 0 spiro atoms. The zero-order valence-corrected chi connectivity index (χ0v) is 17.3. The van der Waals surface area contributed by atoms with Crippen LogP contribution < -0.4 is 10.1 Å². The van der Waals surface area contributed by atoms with Gasteiger partial charge in [-0.25, -0.2) is 0 Å². The number of furan rings is 1. The van der Waals surface area contributed by atoms with Gasteiger partial charge in [-0.15, -0.1) is 10.2 Å². The van der Waals surface area contributed by atoms with Crippen LogP contribution in [-0.4, -0.2) is 23.2 Å². The fourth-order valence-electron chi connectivity index (χ4n) is 2.99. The summed E-state index contributed by atoms with van der Waals surface area (Å²) in [4.78, 5) is 12.3. The van der Waals surface area contributed by atoms with Crippen LogP contribution in [0.15, 0.2) is 71.1 Å². The van der Waals surface area contributed by atoms with Crippen molar-refractivity contribution in [2.75, 3.05) is 12.4 Å². The van der Waals surface area contributed by atoms with Crippen LogP contribution in [0.25, 0.3) is 11.3 Å². The molecule has 4 aromatic rings. The van der Waals surface area contributed by atoms with E-state index < -0.39 is 0 Å². The molecule has 6 nitrogen and oxygen atoms in total. The van der Waals surface area contributed by atoms with E-state index in [1.807, 2.05) is 66.7 Å². The predicted molar refractivity (Wildman–Crippen MR) is 117 cm³/mol. The molecule has 0 saturated carbocycles. The van der Waals surface area contributed by atoms with Gasteiger partial charge in [0.2, 0.25) is 11.0 Å². The minimum Gasteiger partial charge on any atom is -0.497 e. The molecule has 0 saturated heterocycles. The summed E-state index contributed by atoms with van der Waals surface area (Å²) in [5, 5.41) is 12.4. The Kier molecular flexibility index (Phi) is 6.20.